The first kappa shape index (κ1) is 22.3. The molecule has 0 aliphatic rings. The molecule has 0 fully saturated rings. The third-order valence-corrected chi connectivity index (χ3v) is 5.68. The Morgan fingerprint density at radius 2 is 1.55 bits per heavy atom. The van der Waals surface area contributed by atoms with E-state index in [1.807, 2.05) is 30.3 Å². The van der Waals surface area contributed by atoms with Crippen molar-refractivity contribution in [3.8, 4) is 33.4 Å². The standard InChI is InChI=1S/C23H25NO6S/c1-6-30-23(25)22-17(13-20(31-22)14-7-9-16(26-2)10-8-14)24-15-11-18(27-3)21(29-5)19(12-15)28-4/h7-13,24H,6H2,1-5H3. The van der Waals surface area contributed by atoms with Crippen LogP contribution in [-0.2, 0) is 4.74 Å². The number of anilines is 2. The van der Waals surface area contributed by atoms with Crippen molar-refractivity contribution in [2.75, 3.05) is 40.4 Å². The lowest BCUT2D eigenvalue weighted by Gasteiger charge is -2.15. The van der Waals surface area contributed by atoms with Crippen molar-refractivity contribution < 1.29 is 28.5 Å². The van der Waals surface area contributed by atoms with Crippen LogP contribution < -0.4 is 24.3 Å². The maximum absolute atomic E-state index is 12.6. The molecule has 0 spiro atoms. The lowest BCUT2D eigenvalue weighted by Crippen LogP contribution is -2.05. The second-order valence-corrected chi connectivity index (χ2v) is 7.39. The molecule has 0 radical (unpaired) electrons. The molecule has 3 aromatic rings. The van der Waals surface area contributed by atoms with Crippen LogP contribution in [0.3, 0.4) is 0 Å². The van der Waals surface area contributed by atoms with Crippen molar-refractivity contribution >= 4 is 28.7 Å². The van der Waals surface area contributed by atoms with Crippen LogP contribution >= 0.6 is 11.3 Å². The maximum atomic E-state index is 12.6. The first-order chi connectivity index (χ1) is 15.0. The summed E-state index contributed by atoms with van der Waals surface area (Å²) in [5.41, 5.74) is 2.27. The molecule has 1 aromatic heterocycles. The Kier molecular flexibility index (Phi) is 7.25. The summed E-state index contributed by atoms with van der Waals surface area (Å²) in [6.45, 7) is 2.07. The smallest absolute Gasteiger partial charge is 0.350 e. The molecular formula is C23H25NO6S. The molecule has 1 heterocycles. The van der Waals surface area contributed by atoms with Gasteiger partial charge in [-0.25, -0.2) is 4.79 Å². The van der Waals surface area contributed by atoms with Gasteiger partial charge in [-0.3, -0.25) is 0 Å². The molecule has 0 atom stereocenters. The number of methoxy groups -OCH3 is 4. The highest BCUT2D eigenvalue weighted by molar-refractivity contribution is 7.18. The molecular weight excluding hydrogens is 418 g/mol. The first-order valence-electron chi connectivity index (χ1n) is 9.57. The lowest BCUT2D eigenvalue weighted by atomic mass is 10.1. The predicted octanol–water partition coefficient (Wildman–Crippen LogP) is 5.37. The van der Waals surface area contributed by atoms with Crippen LogP contribution in [0.25, 0.3) is 10.4 Å². The van der Waals surface area contributed by atoms with Gasteiger partial charge in [0, 0.05) is 22.7 Å². The van der Waals surface area contributed by atoms with Crippen molar-refractivity contribution in [1.82, 2.24) is 0 Å². The molecule has 0 saturated heterocycles. The summed E-state index contributed by atoms with van der Waals surface area (Å²) >= 11 is 1.36. The number of nitrogens with one attached hydrogen (secondary N) is 1. The fraction of sp³-hybridized carbons (Fsp3) is 0.261. The average Bonchev–Trinajstić information content (AvgIpc) is 3.22. The predicted molar refractivity (Wildman–Crippen MR) is 122 cm³/mol. The Morgan fingerprint density at radius 1 is 0.903 bits per heavy atom. The van der Waals surface area contributed by atoms with Gasteiger partial charge in [0.05, 0.1) is 40.7 Å². The van der Waals surface area contributed by atoms with Gasteiger partial charge in [0.15, 0.2) is 11.5 Å². The number of carbonyl (C=O) groups is 1. The number of hydrogen-bond acceptors (Lipinski definition) is 8. The molecule has 0 amide bonds. The van der Waals surface area contributed by atoms with E-state index in [9.17, 15) is 4.79 Å². The number of hydrogen-bond donors (Lipinski definition) is 1. The SMILES string of the molecule is CCOC(=O)c1sc(-c2ccc(OC)cc2)cc1Nc1cc(OC)c(OC)c(OC)c1. The molecule has 7 nitrogen and oxygen atoms in total. The highest BCUT2D eigenvalue weighted by Crippen LogP contribution is 2.42. The van der Waals surface area contributed by atoms with E-state index in [1.165, 1.54) is 11.3 Å². The molecule has 164 valence electrons. The van der Waals surface area contributed by atoms with E-state index >= 15 is 0 Å². The van der Waals surface area contributed by atoms with Crippen molar-refractivity contribution in [2.45, 2.75) is 6.92 Å². The Balaban J connectivity index is 2.03. The Labute approximate surface area is 185 Å². The van der Waals surface area contributed by atoms with E-state index in [0.717, 1.165) is 16.2 Å². The quantitative estimate of drug-likeness (QED) is 0.446. The zero-order valence-corrected chi connectivity index (χ0v) is 18.9. The second-order valence-electron chi connectivity index (χ2n) is 6.34. The van der Waals surface area contributed by atoms with Crippen LogP contribution in [-0.4, -0.2) is 41.0 Å². The van der Waals surface area contributed by atoms with Crippen LogP contribution in [0.2, 0.25) is 0 Å². The highest BCUT2D eigenvalue weighted by atomic mass is 32.1. The Hall–Kier alpha value is -3.39. The highest BCUT2D eigenvalue weighted by Gasteiger charge is 2.20. The van der Waals surface area contributed by atoms with Gasteiger partial charge in [-0.15, -0.1) is 11.3 Å². The minimum Gasteiger partial charge on any atom is -0.497 e. The van der Waals surface area contributed by atoms with Crippen LogP contribution in [0.1, 0.15) is 16.6 Å². The van der Waals surface area contributed by atoms with E-state index in [0.29, 0.717) is 33.5 Å². The number of thiophene rings is 1. The van der Waals surface area contributed by atoms with E-state index < -0.39 is 0 Å². The third-order valence-electron chi connectivity index (χ3n) is 4.51. The van der Waals surface area contributed by atoms with Crippen molar-refractivity contribution in [3.05, 3.63) is 47.3 Å². The first-order valence-corrected chi connectivity index (χ1v) is 10.4. The molecule has 0 bridgehead atoms. The zero-order valence-electron chi connectivity index (χ0n) is 18.1. The third kappa shape index (κ3) is 4.86. The van der Waals surface area contributed by atoms with E-state index in [2.05, 4.69) is 5.32 Å². The molecule has 0 unspecified atom stereocenters. The summed E-state index contributed by atoms with van der Waals surface area (Å²) in [6, 6.07) is 13.1. The van der Waals surface area contributed by atoms with Crippen LogP contribution in [0.4, 0.5) is 11.4 Å². The molecule has 0 aliphatic heterocycles. The van der Waals surface area contributed by atoms with E-state index in [-0.39, 0.29) is 12.6 Å². The van der Waals surface area contributed by atoms with Gasteiger partial charge < -0.3 is 29.0 Å². The molecule has 0 aliphatic carbocycles. The van der Waals surface area contributed by atoms with Crippen molar-refractivity contribution in [1.29, 1.82) is 0 Å². The van der Waals surface area contributed by atoms with Gasteiger partial charge >= 0.3 is 5.97 Å². The summed E-state index contributed by atoms with van der Waals surface area (Å²) in [4.78, 5) is 14.0. The van der Waals surface area contributed by atoms with E-state index in [1.54, 1.807) is 47.5 Å². The normalized spacial score (nSPS) is 10.4. The lowest BCUT2D eigenvalue weighted by molar-refractivity contribution is 0.0533. The molecule has 3 rings (SSSR count). The summed E-state index contributed by atoms with van der Waals surface area (Å²) in [5, 5.41) is 3.29. The van der Waals surface area contributed by atoms with Gasteiger partial charge in [-0.2, -0.15) is 0 Å². The van der Waals surface area contributed by atoms with Crippen molar-refractivity contribution in [3.63, 3.8) is 0 Å². The van der Waals surface area contributed by atoms with Crippen LogP contribution in [0.15, 0.2) is 42.5 Å². The number of benzene rings is 2. The van der Waals surface area contributed by atoms with Crippen LogP contribution in [0.5, 0.6) is 23.0 Å². The van der Waals surface area contributed by atoms with Crippen molar-refractivity contribution in [2.24, 2.45) is 0 Å². The minimum atomic E-state index is -0.387. The van der Waals surface area contributed by atoms with Gasteiger partial charge in [0.1, 0.15) is 10.6 Å². The second kappa shape index (κ2) is 10.1. The van der Waals surface area contributed by atoms with Gasteiger partial charge in [0.25, 0.3) is 0 Å². The zero-order chi connectivity index (χ0) is 22.4. The van der Waals surface area contributed by atoms with E-state index in [4.69, 9.17) is 23.7 Å². The monoisotopic (exact) mass is 443 g/mol. The molecule has 31 heavy (non-hydrogen) atoms. The summed E-state index contributed by atoms with van der Waals surface area (Å²) in [7, 11) is 6.28. The summed E-state index contributed by atoms with van der Waals surface area (Å²) in [6.07, 6.45) is 0. The molecule has 0 saturated carbocycles. The maximum Gasteiger partial charge on any atom is 0.350 e. The number of carbonyl (C=O) groups excluding carboxylic acids is 1. The Bertz CT molecular complexity index is 1020. The van der Waals surface area contributed by atoms with Gasteiger partial charge in [0.2, 0.25) is 5.75 Å². The molecule has 1 N–H and O–H groups in total. The fourth-order valence-electron chi connectivity index (χ4n) is 3.04. The van der Waals surface area contributed by atoms with Gasteiger partial charge in [-0.1, -0.05) is 0 Å². The summed E-state index contributed by atoms with van der Waals surface area (Å²) in [5.74, 6) is 1.88. The fourth-order valence-corrected chi connectivity index (χ4v) is 4.05. The topological polar surface area (TPSA) is 75.3 Å². The molecule has 2 aromatic carbocycles. The largest absolute Gasteiger partial charge is 0.497 e. The minimum absolute atomic E-state index is 0.290. The number of rotatable bonds is 9. The summed E-state index contributed by atoms with van der Waals surface area (Å²) < 4.78 is 26.7. The molecule has 8 heteroatoms. The van der Waals surface area contributed by atoms with Gasteiger partial charge in [-0.05, 0) is 42.8 Å². The van der Waals surface area contributed by atoms with Crippen LogP contribution in [0, 0.1) is 0 Å². The average molecular weight is 444 g/mol. The number of esters is 1. The Morgan fingerprint density at radius 3 is 2.06 bits per heavy atom. The number of ether oxygens (including phenoxy) is 5.